The zero-order valence-corrected chi connectivity index (χ0v) is 18.0. The predicted molar refractivity (Wildman–Crippen MR) is 120 cm³/mol. The number of aliphatic imine (C=N–C) groups is 1. The predicted octanol–water partition coefficient (Wildman–Crippen LogP) is 2.73. The van der Waals surface area contributed by atoms with Crippen molar-refractivity contribution in [3.05, 3.63) is 30.1 Å². The molecule has 0 saturated carbocycles. The van der Waals surface area contributed by atoms with Gasteiger partial charge in [-0.3, -0.25) is 9.98 Å². The van der Waals surface area contributed by atoms with Crippen molar-refractivity contribution in [1.29, 1.82) is 0 Å². The molecule has 0 amide bonds. The van der Waals surface area contributed by atoms with Crippen LogP contribution in [0.5, 0.6) is 0 Å². The number of rotatable bonds is 8. The van der Waals surface area contributed by atoms with Crippen molar-refractivity contribution in [3.63, 3.8) is 0 Å². The molecule has 3 heterocycles. The van der Waals surface area contributed by atoms with Gasteiger partial charge in [-0.15, -0.1) is 5.10 Å². The number of pyridine rings is 1. The summed E-state index contributed by atoms with van der Waals surface area (Å²) in [5, 5.41) is 7.52. The zero-order valence-electron chi connectivity index (χ0n) is 18.0. The van der Waals surface area contributed by atoms with Gasteiger partial charge in [0, 0.05) is 17.5 Å². The van der Waals surface area contributed by atoms with Crippen LogP contribution in [0.3, 0.4) is 0 Å². The van der Waals surface area contributed by atoms with Gasteiger partial charge in [-0.1, -0.05) is 0 Å². The highest BCUT2D eigenvalue weighted by atomic mass is 16.1. The summed E-state index contributed by atoms with van der Waals surface area (Å²) >= 11 is 0. The van der Waals surface area contributed by atoms with E-state index in [1.54, 1.807) is 4.52 Å². The number of aldehydes is 1. The maximum absolute atomic E-state index is 11.4. The molecule has 9 heteroatoms. The third-order valence-electron chi connectivity index (χ3n) is 4.58. The smallest absolute Gasteiger partial charge is 0.243 e. The summed E-state index contributed by atoms with van der Waals surface area (Å²) in [6, 6.07) is 5.38. The first kappa shape index (κ1) is 21.4. The first-order valence-corrected chi connectivity index (χ1v) is 9.80. The Hall–Kier alpha value is -3.33. The molecule has 3 aromatic rings. The molecule has 0 aliphatic rings. The fraction of sp³-hybridized carbons (Fsp3) is 0.381. The molecule has 0 fully saturated rings. The van der Waals surface area contributed by atoms with Crippen LogP contribution in [-0.4, -0.2) is 63.2 Å². The molecule has 0 radical (unpaired) electrons. The molecule has 0 spiro atoms. The summed E-state index contributed by atoms with van der Waals surface area (Å²) in [6.45, 7) is 6.60. The fourth-order valence-electron chi connectivity index (χ4n) is 3.12. The highest BCUT2D eigenvalue weighted by Crippen LogP contribution is 2.30. The fourth-order valence-corrected chi connectivity index (χ4v) is 3.12. The number of nitrogen functional groups attached to an aromatic ring is 1. The lowest BCUT2D eigenvalue weighted by Gasteiger charge is -2.16. The van der Waals surface area contributed by atoms with Crippen LogP contribution in [0, 0.1) is 6.92 Å². The Balaban J connectivity index is 1.92. The second-order valence-electron chi connectivity index (χ2n) is 7.68. The summed E-state index contributed by atoms with van der Waals surface area (Å²) in [7, 11) is 3.92. The van der Waals surface area contributed by atoms with Crippen LogP contribution in [0.25, 0.3) is 16.8 Å². The van der Waals surface area contributed by atoms with Crippen molar-refractivity contribution in [2.45, 2.75) is 33.2 Å². The van der Waals surface area contributed by atoms with Crippen molar-refractivity contribution in [2.24, 2.45) is 4.99 Å². The lowest BCUT2D eigenvalue weighted by molar-refractivity contribution is -0.108. The highest BCUT2D eigenvalue weighted by Gasteiger charge is 2.16. The van der Waals surface area contributed by atoms with Gasteiger partial charge in [0.25, 0.3) is 0 Å². The van der Waals surface area contributed by atoms with Gasteiger partial charge in [-0.25, -0.2) is 4.52 Å². The molecule has 0 aromatic carbocycles. The number of fused-ring (bicyclic) bond motifs is 1. The van der Waals surface area contributed by atoms with Crippen LogP contribution in [0.1, 0.15) is 26.0 Å². The Morgan fingerprint density at radius 1 is 1.30 bits per heavy atom. The Bertz CT molecular complexity index is 1080. The lowest BCUT2D eigenvalue weighted by atomic mass is 10.1. The van der Waals surface area contributed by atoms with Crippen molar-refractivity contribution in [1.82, 2.24) is 24.5 Å². The molecule has 0 bridgehead atoms. The molecule has 30 heavy (non-hydrogen) atoms. The van der Waals surface area contributed by atoms with E-state index in [0.29, 0.717) is 23.7 Å². The largest absolute Gasteiger partial charge is 0.382 e. The van der Waals surface area contributed by atoms with E-state index in [1.807, 2.05) is 64.2 Å². The van der Waals surface area contributed by atoms with Crippen LogP contribution >= 0.6 is 0 Å². The van der Waals surface area contributed by atoms with Crippen molar-refractivity contribution in [3.8, 4) is 11.3 Å². The SMILES string of the molecule is CC(C)=Nc1ccc(-c2ccn3nc(NC(C=O)CCN(C)C)nc(N)c23)nc1C. The van der Waals surface area contributed by atoms with E-state index in [9.17, 15) is 4.79 Å². The second-order valence-corrected chi connectivity index (χ2v) is 7.68. The first-order chi connectivity index (χ1) is 14.3. The minimum atomic E-state index is -0.390. The molecular weight excluding hydrogens is 380 g/mol. The number of anilines is 2. The van der Waals surface area contributed by atoms with E-state index in [-0.39, 0.29) is 0 Å². The molecule has 3 N–H and O–H groups in total. The van der Waals surface area contributed by atoms with E-state index in [4.69, 9.17) is 5.73 Å². The number of nitrogens with two attached hydrogens (primary N) is 1. The van der Waals surface area contributed by atoms with E-state index in [2.05, 4.69) is 25.4 Å². The molecular formula is C21H28N8O. The normalized spacial score (nSPS) is 12.2. The molecule has 158 valence electrons. The molecule has 1 atom stereocenters. The average Bonchev–Trinajstić information content (AvgIpc) is 3.10. The topological polar surface area (TPSA) is 114 Å². The Kier molecular flexibility index (Phi) is 6.41. The van der Waals surface area contributed by atoms with E-state index >= 15 is 0 Å². The van der Waals surface area contributed by atoms with Gasteiger partial charge in [0.05, 0.1) is 23.1 Å². The van der Waals surface area contributed by atoms with E-state index in [0.717, 1.165) is 41.2 Å². The summed E-state index contributed by atoms with van der Waals surface area (Å²) in [4.78, 5) is 27.0. The Morgan fingerprint density at radius 2 is 2.07 bits per heavy atom. The van der Waals surface area contributed by atoms with Gasteiger partial charge < -0.3 is 20.7 Å². The minimum Gasteiger partial charge on any atom is -0.382 e. The van der Waals surface area contributed by atoms with Crippen molar-refractivity contribution in [2.75, 3.05) is 31.7 Å². The monoisotopic (exact) mass is 408 g/mol. The summed E-state index contributed by atoms with van der Waals surface area (Å²) in [6.07, 6.45) is 3.32. The molecule has 0 aliphatic carbocycles. The van der Waals surface area contributed by atoms with Crippen molar-refractivity contribution >= 4 is 35.0 Å². The zero-order chi connectivity index (χ0) is 21.8. The number of hydrogen-bond acceptors (Lipinski definition) is 8. The third-order valence-corrected chi connectivity index (χ3v) is 4.58. The second kappa shape index (κ2) is 9.00. The van der Waals surface area contributed by atoms with Crippen LogP contribution in [-0.2, 0) is 4.79 Å². The van der Waals surface area contributed by atoms with E-state index < -0.39 is 6.04 Å². The lowest BCUT2D eigenvalue weighted by Crippen LogP contribution is -2.28. The number of nitrogens with one attached hydrogen (secondary N) is 1. The minimum absolute atomic E-state index is 0.310. The number of nitrogens with zero attached hydrogens (tertiary/aromatic N) is 6. The highest BCUT2D eigenvalue weighted by molar-refractivity contribution is 5.87. The third kappa shape index (κ3) is 4.80. The summed E-state index contributed by atoms with van der Waals surface area (Å²) < 4.78 is 1.66. The molecule has 3 rings (SSSR count). The molecule has 0 aliphatic heterocycles. The van der Waals surface area contributed by atoms with Crippen LogP contribution in [0.2, 0.25) is 0 Å². The molecule has 9 nitrogen and oxygen atoms in total. The van der Waals surface area contributed by atoms with Gasteiger partial charge in [0.15, 0.2) is 5.82 Å². The van der Waals surface area contributed by atoms with Crippen LogP contribution < -0.4 is 11.1 Å². The van der Waals surface area contributed by atoms with Crippen LogP contribution in [0.15, 0.2) is 29.4 Å². The standard InChI is InChI=1S/C21H28N8O/c1-13(2)23-17-6-7-18(24-14(17)3)16-9-11-29-19(16)20(22)26-21(27-29)25-15(12-30)8-10-28(4)5/h6-7,9,11-12,15H,8,10H2,1-5H3,(H3,22,25,26,27). The van der Waals surface area contributed by atoms with Gasteiger partial charge in [-0.05, 0) is 66.0 Å². The molecule has 1 unspecified atom stereocenters. The quantitative estimate of drug-likeness (QED) is 0.435. The Labute approximate surface area is 176 Å². The summed E-state index contributed by atoms with van der Waals surface area (Å²) in [5.74, 6) is 0.626. The maximum atomic E-state index is 11.4. The Morgan fingerprint density at radius 3 is 2.70 bits per heavy atom. The number of carbonyl (C=O) groups excluding carboxylic acids is 1. The van der Waals surface area contributed by atoms with Gasteiger partial charge >= 0.3 is 0 Å². The van der Waals surface area contributed by atoms with Gasteiger partial charge in [0.1, 0.15) is 11.8 Å². The first-order valence-electron chi connectivity index (χ1n) is 9.80. The maximum Gasteiger partial charge on any atom is 0.243 e. The average molecular weight is 409 g/mol. The number of carbonyl (C=O) groups is 1. The van der Waals surface area contributed by atoms with Crippen molar-refractivity contribution < 1.29 is 4.79 Å². The molecule has 3 aromatic heterocycles. The van der Waals surface area contributed by atoms with Gasteiger partial charge in [0.2, 0.25) is 5.95 Å². The number of aromatic nitrogens is 4. The number of hydrogen-bond donors (Lipinski definition) is 2. The number of aryl methyl sites for hydroxylation is 1. The summed E-state index contributed by atoms with van der Waals surface area (Å²) in [5.41, 5.74) is 11.2. The molecule has 0 saturated heterocycles. The van der Waals surface area contributed by atoms with Crippen LogP contribution in [0.4, 0.5) is 17.5 Å². The van der Waals surface area contributed by atoms with E-state index in [1.165, 1.54) is 0 Å². The van der Waals surface area contributed by atoms with Gasteiger partial charge in [-0.2, -0.15) is 4.98 Å².